The molecule has 0 amide bonds. The third kappa shape index (κ3) is 3.18. The molecule has 0 aliphatic heterocycles. The van der Waals surface area contributed by atoms with Crippen LogP contribution in [0, 0.1) is 11.7 Å². The third-order valence-corrected chi connectivity index (χ3v) is 3.13. The summed E-state index contributed by atoms with van der Waals surface area (Å²) in [6, 6.07) is 4.61. The lowest BCUT2D eigenvalue weighted by molar-refractivity contribution is 0.460. The van der Waals surface area contributed by atoms with E-state index >= 15 is 0 Å². The van der Waals surface area contributed by atoms with Gasteiger partial charge in [-0.2, -0.15) is 0 Å². The van der Waals surface area contributed by atoms with Gasteiger partial charge in [0.05, 0.1) is 5.02 Å². The Morgan fingerprint density at radius 3 is 2.73 bits per heavy atom. The number of rotatable bonds is 4. The zero-order valence-electron chi connectivity index (χ0n) is 9.13. The molecule has 3 heteroatoms. The topological polar surface area (TPSA) is 26.0 Å². The molecule has 0 aromatic heterocycles. The smallest absolute Gasteiger partial charge is 0.142 e. The van der Waals surface area contributed by atoms with Crippen molar-refractivity contribution in [2.24, 2.45) is 11.7 Å². The molecule has 0 heterocycles. The molecule has 84 valence electrons. The molecule has 2 atom stereocenters. The summed E-state index contributed by atoms with van der Waals surface area (Å²) in [5.41, 5.74) is 6.70. The van der Waals surface area contributed by atoms with Crippen molar-refractivity contribution in [1.82, 2.24) is 0 Å². The molecule has 1 aromatic carbocycles. The first-order chi connectivity index (χ1) is 7.06. The van der Waals surface area contributed by atoms with Gasteiger partial charge in [0.25, 0.3) is 0 Å². The normalized spacial score (nSPS) is 15.0. The molecule has 1 aromatic rings. The van der Waals surface area contributed by atoms with Crippen molar-refractivity contribution in [2.45, 2.75) is 32.7 Å². The fourth-order valence-electron chi connectivity index (χ4n) is 1.53. The molecule has 2 N–H and O–H groups in total. The van der Waals surface area contributed by atoms with Crippen molar-refractivity contribution in [3.05, 3.63) is 34.6 Å². The van der Waals surface area contributed by atoms with Crippen LogP contribution in [0.1, 0.15) is 38.3 Å². The molecule has 0 aliphatic rings. The van der Waals surface area contributed by atoms with E-state index in [1.165, 1.54) is 6.07 Å². The Kier molecular flexibility index (Phi) is 4.55. The van der Waals surface area contributed by atoms with Crippen molar-refractivity contribution in [3.8, 4) is 0 Å². The summed E-state index contributed by atoms with van der Waals surface area (Å²) in [7, 11) is 0. The van der Waals surface area contributed by atoms with Crippen LogP contribution in [-0.2, 0) is 0 Å². The van der Waals surface area contributed by atoms with Gasteiger partial charge in [-0.15, -0.1) is 0 Å². The minimum Gasteiger partial charge on any atom is -0.324 e. The van der Waals surface area contributed by atoms with Gasteiger partial charge < -0.3 is 5.73 Å². The van der Waals surface area contributed by atoms with Gasteiger partial charge >= 0.3 is 0 Å². The lowest BCUT2D eigenvalue weighted by Crippen LogP contribution is -2.14. The highest BCUT2D eigenvalue weighted by atomic mass is 35.5. The van der Waals surface area contributed by atoms with E-state index in [1.54, 1.807) is 12.1 Å². The van der Waals surface area contributed by atoms with Crippen LogP contribution >= 0.6 is 11.6 Å². The van der Waals surface area contributed by atoms with Gasteiger partial charge in [0.15, 0.2) is 0 Å². The molecule has 0 aliphatic carbocycles. The van der Waals surface area contributed by atoms with Crippen molar-refractivity contribution in [2.75, 3.05) is 0 Å². The minimum absolute atomic E-state index is 0.160. The lowest BCUT2D eigenvalue weighted by atomic mass is 9.95. The summed E-state index contributed by atoms with van der Waals surface area (Å²) in [5.74, 6) is 0.133. The second-order valence-electron chi connectivity index (χ2n) is 4.00. The first-order valence-corrected chi connectivity index (χ1v) is 5.63. The van der Waals surface area contributed by atoms with Crippen LogP contribution in [0.4, 0.5) is 4.39 Å². The summed E-state index contributed by atoms with van der Waals surface area (Å²) in [4.78, 5) is 0. The Labute approximate surface area is 95.4 Å². The van der Waals surface area contributed by atoms with Crippen molar-refractivity contribution >= 4 is 11.6 Å². The van der Waals surface area contributed by atoms with Crippen LogP contribution < -0.4 is 5.73 Å². The second kappa shape index (κ2) is 5.47. The molecule has 0 spiro atoms. The molecule has 2 unspecified atom stereocenters. The highest BCUT2D eigenvalue weighted by molar-refractivity contribution is 6.31. The predicted octanol–water partition coefficient (Wildman–Crippen LogP) is 3.92. The lowest BCUT2D eigenvalue weighted by Gasteiger charge is -2.17. The van der Waals surface area contributed by atoms with E-state index in [-0.39, 0.29) is 11.1 Å². The maximum Gasteiger partial charge on any atom is 0.142 e. The molecule has 15 heavy (non-hydrogen) atoms. The van der Waals surface area contributed by atoms with Crippen LogP contribution in [0.2, 0.25) is 5.02 Å². The standard InChI is InChI=1S/C12H17ClFN/c1-3-8(2)7-11(15)9-5-4-6-10(14)12(9)13/h4-6,8,11H,3,7,15H2,1-2H3. The first-order valence-electron chi connectivity index (χ1n) is 5.25. The van der Waals surface area contributed by atoms with Crippen molar-refractivity contribution in [3.63, 3.8) is 0 Å². The molecular weight excluding hydrogens is 213 g/mol. The average molecular weight is 230 g/mol. The fraction of sp³-hybridized carbons (Fsp3) is 0.500. The Hall–Kier alpha value is -0.600. The molecule has 0 bridgehead atoms. The van der Waals surface area contributed by atoms with Gasteiger partial charge in [0, 0.05) is 6.04 Å². The Bertz CT molecular complexity index is 327. The van der Waals surface area contributed by atoms with E-state index in [0.29, 0.717) is 11.5 Å². The van der Waals surface area contributed by atoms with E-state index in [9.17, 15) is 4.39 Å². The van der Waals surface area contributed by atoms with Gasteiger partial charge in [0.2, 0.25) is 0 Å². The van der Waals surface area contributed by atoms with Gasteiger partial charge in [0.1, 0.15) is 5.82 Å². The molecule has 1 rings (SSSR count). The van der Waals surface area contributed by atoms with Crippen molar-refractivity contribution < 1.29 is 4.39 Å². The highest BCUT2D eigenvalue weighted by Crippen LogP contribution is 2.28. The second-order valence-corrected chi connectivity index (χ2v) is 4.38. The van der Waals surface area contributed by atoms with Crippen molar-refractivity contribution in [1.29, 1.82) is 0 Å². The molecular formula is C12H17ClFN. The summed E-state index contributed by atoms with van der Waals surface area (Å²) in [6.07, 6.45) is 1.90. The summed E-state index contributed by atoms with van der Waals surface area (Å²) in [6.45, 7) is 4.25. The van der Waals surface area contributed by atoms with E-state index < -0.39 is 5.82 Å². The third-order valence-electron chi connectivity index (χ3n) is 2.73. The Morgan fingerprint density at radius 2 is 2.13 bits per heavy atom. The molecule has 0 saturated carbocycles. The fourth-order valence-corrected chi connectivity index (χ4v) is 1.80. The number of nitrogens with two attached hydrogens (primary N) is 1. The molecule has 0 radical (unpaired) electrons. The van der Waals surface area contributed by atoms with E-state index in [1.807, 2.05) is 0 Å². The summed E-state index contributed by atoms with van der Waals surface area (Å²) < 4.78 is 13.2. The molecule has 0 fully saturated rings. The highest BCUT2D eigenvalue weighted by Gasteiger charge is 2.14. The maximum atomic E-state index is 13.2. The van der Waals surface area contributed by atoms with E-state index in [0.717, 1.165) is 12.8 Å². The van der Waals surface area contributed by atoms with Gasteiger partial charge in [-0.05, 0) is 24.0 Å². The van der Waals surface area contributed by atoms with Gasteiger partial charge in [-0.25, -0.2) is 4.39 Å². The minimum atomic E-state index is -0.395. The average Bonchev–Trinajstić information content (AvgIpc) is 2.21. The number of hydrogen-bond donors (Lipinski definition) is 1. The maximum absolute atomic E-state index is 13.2. The Balaban J connectivity index is 2.82. The first kappa shape index (κ1) is 12.5. The van der Waals surface area contributed by atoms with Crippen LogP contribution in [0.25, 0.3) is 0 Å². The SMILES string of the molecule is CCC(C)CC(N)c1cccc(F)c1Cl. The van der Waals surface area contributed by atoms with Crippen LogP contribution in [0.3, 0.4) is 0 Å². The van der Waals surface area contributed by atoms with Crippen LogP contribution in [0.15, 0.2) is 18.2 Å². The van der Waals surface area contributed by atoms with Crippen LogP contribution in [-0.4, -0.2) is 0 Å². The zero-order valence-corrected chi connectivity index (χ0v) is 9.89. The van der Waals surface area contributed by atoms with E-state index in [2.05, 4.69) is 13.8 Å². The number of halogens is 2. The number of hydrogen-bond acceptors (Lipinski definition) is 1. The zero-order chi connectivity index (χ0) is 11.4. The monoisotopic (exact) mass is 229 g/mol. The quantitative estimate of drug-likeness (QED) is 0.832. The van der Waals surface area contributed by atoms with Gasteiger partial charge in [-0.3, -0.25) is 0 Å². The largest absolute Gasteiger partial charge is 0.324 e. The Morgan fingerprint density at radius 1 is 1.47 bits per heavy atom. The molecule has 1 nitrogen and oxygen atoms in total. The predicted molar refractivity (Wildman–Crippen MR) is 62.4 cm³/mol. The van der Waals surface area contributed by atoms with Crippen LogP contribution in [0.5, 0.6) is 0 Å². The van der Waals surface area contributed by atoms with Gasteiger partial charge in [-0.1, -0.05) is 44.0 Å². The molecule has 0 saturated heterocycles. The summed E-state index contributed by atoms with van der Waals surface area (Å²) >= 11 is 5.86. The number of benzene rings is 1. The summed E-state index contributed by atoms with van der Waals surface area (Å²) in [5, 5.41) is 0.160. The van der Waals surface area contributed by atoms with E-state index in [4.69, 9.17) is 17.3 Å².